The fraction of sp³-hybridized carbons (Fsp3) is 0.312. The van der Waals surface area contributed by atoms with Crippen LogP contribution >= 0.6 is 0 Å². The summed E-state index contributed by atoms with van der Waals surface area (Å²) in [6.45, 7) is 2.25. The minimum atomic E-state index is -4.86. The van der Waals surface area contributed by atoms with Crippen LogP contribution in [0.5, 0.6) is 0 Å². The van der Waals surface area contributed by atoms with Crippen LogP contribution < -0.4 is 15.8 Å². The number of rotatable bonds is 7. The van der Waals surface area contributed by atoms with E-state index >= 15 is 8.78 Å². The van der Waals surface area contributed by atoms with Gasteiger partial charge < -0.3 is 24.6 Å². The first kappa shape index (κ1) is 31.1. The van der Waals surface area contributed by atoms with Gasteiger partial charge in [0.1, 0.15) is 23.2 Å². The molecule has 2 aromatic carbocycles. The predicted molar refractivity (Wildman–Crippen MR) is 157 cm³/mol. The Morgan fingerprint density at radius 3 is 2.48 bits per heavy atom. The van der Waals surface area contributed by atoms with Crippen molar-refractivity contribution in [2.75, 3.05) is 18.1 Å². The zero-order valence-electron chi connectivity index (χ0n) is 24.5. The monoisotopic (exact) mass is 642 g/mol. The molecule has 4 aromatic rings. The minimum Gasteiger partial charge on any atom is -0.480 e. The summed E-state index contributed by atoms with van der Waals surface area (Å²) < 4.78 is 79.1. The highest BCUT2D eigenvalue weighted by molar-refractivity contribution is 5.99. The number of carbonyl (C=O) groups is 2. The number of alkyl halides is 3. The number of aliphatic carboxylic acids is 1. The molecule has 3 atom stereocenters. The molecule has 1 amide bonds. The van der Waals surface area contributed by atoms with Gasteiger partial charge >= 0.3 is 12.1 Å². The quantitative estimate of drug-likeness (QED) is 0.283. The molecule has 2 aliphatic rings. The molecule has 240 valence electrons. The van der Waals surface area contributed by atoms with E-state index in [0.29, 0.717) is 13.2 Å². The number of fused-ring (bicyclic) bond motifs is 3. The lowest BCUT2D eigenvalue weighted by Crippen LogP contribution is -2.43. The number of hydrogen-bond donors (Lipinski definition) is 2. The molecule has 4 heterocycles. The summed E-state index contributed by atoms with van der Waals surface area (Å²) in [6, 6.07) is 6.73. The van der Waals surface area contributed by atoms with Gasteiger partial charge in [0.2, 0.25) is 0 Å². The Morgan fingerprint density at radius 1 is 1.15 bits per heavy atom. The second-order valence-electron chi connectivity index (χ2n) is 11.5. The topological polar surface area (TPSA) is 114 Å². The Hall–Kier alpha value is -4.85. The molecule has 0 radical (unpaired) electrons. The third-order valence-electron chi connectivity index (χ3n) is 8.62. The van der Waals surface area contributed by atoms with Crippen molar-refractivity contribution in [1.29, 1.82) is 0 Å². The number of benzene rings is 2. The van der Waals surface area contributed by atoms with Crippen molar-refractivity contribution in [3.05, 3.63) is 93.0 Å². The van der Waals surface area contributed by atoms with Crippen LogP contribution in [0, 0.1) is 18.6 Å². The van der Waals surface area contributed by atoms with Crippen molar-refractivity contribution in [3.63, 3.8) is 0 Å². The maximum Gasteiger partial charge on any atom is 0.417 e. The molecule has 2 aliphatic heterocycles. The number of carbonyl (C=O) groups excluding carboxylic acids is 1. The molecule has 0 aliphatic carbocycles. The lowest BCUT2D eigenvalue weighted by molar-refractivity contribution is -0.139. The molecule has 46 heavy (non-hydrogen) atoms. The predicted octanol–water partition coefficient (Wildman–Crippen LogP) is 4.61. The minimum absolute atomic E-state index is 0.00406. The maximum atomic E-state index is 15.1. The summed E-state index contributed by atoms with van der Waals surface area (Å²) in [5, 5.41) is 12.3. The largest absolute Gasteiger partial charge is 0.480 e. The number of aryl methyl sites for hydroxylation is 1. The first-order chi connectivity index (χ1) is 21.7. The normalized spacial score (nSPS) is 18.3. The van der Waals surface area contributed by atoms with Gasteiger partial charge in [-0.1, -0.05) is 18.2 Å². The summed E-state index contributed by atoms with van der Waals surface area (Å²) in [4.78, 5) is 44.4. The van der Waals surface area contributed by atoms with Gasteiger partial charge in [-0.25, -0.2) is 13.6 Å². The van der Waals surface area contributed by atoms with Crippen LogP contribution in [0.15, 0.2) is 53.5 Å². The van der Waals surface area contributed by atoms with Gasteiger partial charge in [-0.2, -0.15) is 13.2 Å². The van der Waals surface area contributed by atoms with E-state index in [1.165, 1.54) is 44.4 Å². The lowest BCUT2D eigenvalue weighted by atomic mass is 9.93. The van der Waals surface area contributed by atoms with E-state index in [4.69, 9.17) is 4.74 Å². The molecule has 9 nitrogen and oxygen atoms in total. The highest BCUT2D eigenvalue weighted by atomic mass is 19.4. The SMILES string of the molecule is Cc1cc(C(F)(F)F)c(-c2ccc(C[C@H](NC(=O)c3c(F)cc(N4C[C@H]5CC4CO5)cc3F)C(=O)O)c3cccnc23)c(=O)n1C. The van der Waals surface area contributed by atoms with E-state index in [1.807, 2.05) is 0 Å². The van der Waals surface area contributed by atoms with Crippen LogP contribution in [0.4, 0.5) is 27.6 Å². The Balaban J connectivity index is 1.32. The highest BCUT2D eigenvalue weighted by Crippen LogP contribution is 2.39. The third kappa shape index (κ3) is 5.46. The number of halogens is 5. The second-order valence-corrected chi connectivity index (χ2v) is 11.5. The fourth-order valence-electron chi connectivity index (χ4n) is 6.22. The summed E-state index contributed by atoms with van der Waals surface area (Å²) in [6.07, 6.45) is -3.28. The van der Waals surface area contributed by atoms with Crippen LogP contribution in [0.1, 0.15) is 33.6 Å². The molecule has 0 spiro atoms. The number of anilines is 1. The number of amides is 1. The number of carboxylic acids is 1. The molecule has 2 N–H and O–H groups in total. The number of carboxylic acid groups (broad SMARTS) is 1. The van der Waals surface area contributed by atoms with Crippen LogP contribution in [-0.4, -0.2) is 57.9 Å². The number of hydrogen-bond acceptors (Lipinski definition) is 6. The lowest BCUT2D eigenvalue weighted by Gasteiger charge is -2.29. The van der Waals surface area contributed by atoms with Crippen molar-refractivity contribution in [3.8, 4) is 11.1 Å². The number of pyridine rings is 2. The van der Waals surface area contributed by atoms with Gasteiger partial charge in [-0.15, -0.1) is 0 Å². The Bertz CT molecular complexity index is 1940. The van der Waals surface area contributed by atoms with E-state index in [9.17, 15) is 32.7 Å². The summed E-state index contributed by atoms with van der Waals surface area (Å²) in [7, 11) is 1.34. The van der Waals surface area contributed by atoms with E-state index in [1.54, 1.807) is 4.90 Å². The molecule has 14 heteroatoms. The van der Waals surface area contributed by atoms with Crippen LogP contribution in [0.3, 0.4) is 0 Å². The number of ether oxygens (including phenoxy) is 1. The van der Waals surface area contributed by atoms with Gasteiger partial charge in [0.25, 0.3) is 11.5 Å². The third-order valence-corrected chi connectivity index (χ3v) is 8.62. The molecule has 1 unspecified atom stereocenters. The van der Waals surface area contributed by atoms with Crippen molar-refractivity contribution >= 4 is 28.5 Å². The summed E-state index contributed by atoms with van der Waals surface area (Å²) >= 11 is 0. The van der Waals surface area contributed by atoms with Crippen molar-refractivity contribution in [2.24, 2.45) is 7.05 Å². The van der Waals surface area contributed by atoms with Crippen molar-refractivity contribution in [2.45, 2.75) is 44.1 Å². The van der Waals surface area contributed by atoms with E-state index < -0.39 is 64.4 Å². The summed E-state index contributed by atoms with van der Waals surface area (Å²) in [5.41, 5.74) is -3.16. The zero-order chi connectivity index (χ0) is 33.1. The van der Waals surface area contributed by atoms with Crippen molar-refractivity contribution < 1.29 is 41.4 Å². The first-order valence-corrected chi connectivity index (χ1v) is 14.3. The Morgan fingerprint density at radius 2 is 1.87 bits per heavy atom. The van der Waals surface area contributed by atoms with Gasteiger partial charge in [0.05, 0.1) is 35.4 Å². The standard InChI is InChI=1S/C32H27F5N4O5/c1-15-8-22(32(35,36)37)26(30(43)40(15)2)21-6-5-16(20-4-3-7-38-28(20)21)9-25(31(44)45)39-29(42)27-23(33)11-17(12-24(27)34)41-13-19-10-18(41)14-46-19/h3-8,11-12,18-19,25H,9-10,13-14H2,1-2H3,(H,39,42)(H,44,45)/t18?,19-,25+/m1/s1. The zero-order valence-corrected chi connectivity index (χ0v) is 24.5. The molecule has 6 rings (SSSR count). The first-order valence-electron chi connectivity index (χ1n) is 14.3. The number of morpholine rings is 1. The molecule has 2 bridgehead atoms. The smallest absolute Gasteiger partial charge is 0.417 e. The molecule has 2 saturated heterocycles. The molecule has 2 fully saturated rings. The number of nitrogens with zero attached hydrogens (tertiary/aromatic N) is 3. The van der Waals surface area contributed by atoms with Gasteiger partial charge in [-0.3, -0.25) is 14.6 Å². The maximum absolute atomic E-state index is 15.1. The molecular weight excluding hydrogens is 615 g/mol. The van der Waals surface area contributed by atoms with Crippen molar-refractivity contribution in [1.82, 2.24) is 14.9 Å². The second kappa shape index (κ2) is 11.5. The fourth-order valence-corrected chi connectivity index (χ4v) is 6.22. The molecule has 0 saturated carbocycles. The van der Waals surface area contributed by atoms with Crippen LogP contribution in [0.2, 0.25) is 0 Å². The van der Waals surface area contributed by atoms with Crippen LogP contribution in [0.25, 0.3) is 22.0 Å². The van der Waals surface area contributed by atoms with E-state index in [-0.39, 0.29) is 45.6 Å². The average molecular weight is 643 g/mol. The van der Waals surface area contributed by atoms with Crippen LogP contribution in [-0.2, 0) is 29.2 Å². The molecular formula is C32H27F5N4O5. The summed E-state index contributed by atoms with van der Waals surface area (Å²) in [5.74, 6) is -5.15. The average Bonchev–Trinajstić information content (AvgIpc) is 3.63. The van der Waals surface area contributed by atoms with E-state index in [0.717, 1.165) is 29.2 Å². The number of aromatic nitrogens is 2. The Kier molecular flexibility index (Phi) is 7.79. The van der Waals surface area contributed by atoms with Gasteiger partial charge in [0.15, 0.2) is 0 Å². The number of nitrogens with one attached hydrogen (secondary N) is 1. The Labute approximate surface area is 258 Å². The highest BCUT2D eigenvalue weighted by Gasteiger charge is 2.40. The molecule has 2 aromatic heterocycles. The van der Waals surface area contributed by atoms with E-state index in [2.05, 4.69) is 10.3 Å². The van der Waals surface area contributed by atoms with Gasteiger partial charge in [0, 0.05) is 48.5 Å². The van der Waals surface area contributed by atoms with Gasteiger partial charge in [-0.05, 0) is 43.2 Å².